The number of nitrogens with zero attached hydrogens (tertiary/aromatic N) is 3. The molecule has 8 heteroatoms. The molecule has 2 heterocycles. The molecule has 0 atom stereocenters. The van der Waals surface area contributed by atoms with Gasteiger partial charge in [-0.2, -0.15) is 0 Å². The first-order valence-corrected chi connectivity index (χ1v) is 10.4. The number of aromatic nitrogens is 2. The van der Waals surface area contributed by atoms with Crippen molar-refractivity contribution in [1.29, 1.82) is 0 Å². The van der Waals surface area contributed by atoms with Gasteiger partial charge < -0.3 is 14.8 Å². The van der Waals surface area contributed by atoms with E-state index in [1.54, 1.807) is 6.20 Å². The average molecular weight is 425 g/mol. The Hall–Kier alpha value is -1.76. The molecule has 0 saturated carbocycles. The van der Waals surface area contributed by atoms with Crippen molar-refractivity contribution in [3.8, 4) is 11.5 Å². The van der Waals surface area contributed by atoms with Crippen molar-refractivity contribution in [2.75, 3.05) is 31.6 Å². The molecule has 0 radical (unpaired) electrons. The maximum Gasteiger partial charge on any atom is 0.224 e. The number of benzene rings is 1. The molecule has 3 rings (SSSR count). The Morgan fingerprint density at radius 1 is 1.14 bits per heavy atom. The fourth-order valence-corrected chi connectivity index (χ4v) is 3.72. The Balaban J connectivity index is 1.60. The van der Waals surface area contributed by atoms with Crippen LogP contribution in [-0.2, 0) is 6.54 Å². The van der Waals surface area contributed by atoms with Crippen LogP contribution in [0.3, 0.4) is 0 Å². The lowest BCUT2D eigenvalue weighted by atomic mass is 10.0. The first-order chi connectivity index (χ1) is 13.6. The minimum absolute atomic E-state index is 0.261. The molecule has 1 aromatic carbocycles. The van der Waals surface area contributed by atoms with Gasteiger partial charge in [-0.3, -0.25) is 4.90 Å². The summed E-state index contributed by atoms with van der Waals surface area (Å²) in [7, 11) is 0. The smallest absolute Gasteiger partial charge is 0.224 e. The standard InChI is InChI=1S/C20H26Cl2N4O2/c1-3-27-16-11-14(19(21)17(12-16)28-4-2)13-26-9-6-15(7-10-26)24-18-5-8-23-20(22)25-18/h5,8,11-12,15H,3-4,6-7,9-10,13H2,1-2H3,(H,23,24,25). The Labute approximate surface area is 176 Å². The van der Waals surface area contributed by atoms with Gasteiger partial charge in [0.25, 0.3) is 0 Å². The highest BCUT2D eigenvalue weighted by Crippen LogP contribution is 2.34. The van der Waals surface area contributed by atoms with Gasteiger partial charge in [-0.05, 0) is 56.0 Å². The minimum Gasteiger partial charge on any atom is -0.494 e. The lowest BCUT2D eigenvalue weighted by Crippen LogP contribution is -2.38. The van der Waals surface area contributed by atoms with E-state index in [2.05, 4.69) is 20.2 Å². The number of halogens is 2. The lowest BCUT2D eigenvalue weighted by Gasteiger charge is -2.33. The molecule has 1 aliphatic heterocycles. The van der Waals surface area contributed by atoms with E-state index in [4.69, 9.17) is 32.7 Å². The van der Waals surface area contributed by atoms with Gasteiger partial charge in [0.2, 0.25) is 5.28 Å². The van der Waals surface area contributed by atoms with E-state index in [0.29, 0.717) is 30.0 Å². The molecule has 1 aliphatic rings. The third-order valence-electron chi connectivity index (χ3n) is 4.66. The number of ether oxygens (including phenoxy) is 2. The van der Waals surface area contributed by atoms with Crippen molar-refractivity contribution in [2.24, 2.45) is 0 Å². The fourth-order valence-electron chi connectivity index (χ4n) is 3.35. The predicted octanol–water partition coefficient (Wildman–Crippen LogP) is 4.66. The summed E-state index contributed by atoms with van der Waals surface area (Å²) < 4.78 is 11.4. The fraction of sp³-hybridized carbons (Fsp3) is 0.500. The Morgan fingerprint density at radius 2 is 1.89 bits per heavy atom. The van der Waals surface area contributed by atoms with Crippen LogP contribution < -0.4 is 14.8 Å². The predicted molar refractivity (Wildman–Crippen MR) is 113 cm³/mol. The van der Waals surface area contributed by atoms with Gasteiger partial charge in [-0.25, -0.2) is 9.97 Å². The van der Waals surface area contributed by atoms with Crippen LogP contribution in [-0.4, -0.2) is 47.2 Å². The molecule has 152 valence electrons. The molecule has 1 saturated heterocycles. The van der Waals surface area contributed by atoms with Crippen LogP contribution in [0.1, 0.15) is 32.3 Å². The normalized spacial score (nSPS) is 15.4. The summed E-state index contributed by atoms with van der Waals surface area (Å²) >= 11 is 12.4. The van der Waals surface area contributed by atoms with E-state index in [1.807, 2.05) is 32.0 Å². The summed E-state index contributed by atoms with van der Waals surface area (Å²) in [5.41, 5.74) is 1.03. The zero-order chi connectivity index (χ0) is 19.9. The molecule has 1 fully saturated rings. The van der Waals surface area contributed by atoms with E-state index >= 15 is 0 Å². The summed E-state index contributed by atoms with van der Waals surface area (Å²) in [5, 5.41) is 4.37. The second-order valence-corrected chi connectivity index (χ2v) is 7.38. The van der Waals surface area contributed by atoms with Crippen molar-refractivity contribution in [2.45, 2.75) is 39.3 Å². The van der Waals surface area contributed by atoms with Gasteiger partial charge in [0, 0.05) is 37.9 Å². The first kappa shape index (κ1) is 21.0. The highest BCUT2D eigenvalue weighted by molar-refractivity contribution is 6.32. The molecule has 1 N–H and O–H groups in total. The molecule has 0 bridgehead atoms. The highest BCUT2D eigenvalue weighted by Gasteiger charge is 2.21. The van der Waals surface area contributed by atoms with Crippen LogP contribution in [0, 0.1) is 0 Å². The number of rotatable bonds is 8. The zero-order valence-electron chi connectivity index (χ0n) is 16.3. The van der Waals surface area contributed by atoms with E-state index in [9.17, 15) is 0 Å². The van der Waals surface area contributed by atoms with E-state index in [0.717, 1.165) is 49.6 Å². The summed E-state index contributed by atoms with van der Waals surface area (Å²) in [6, 6.07) is 6.09. The highest BCUT2D eigenvalue weighted by atomic mass is 35.5. The Morgan fingerprint density at radius 3 is 2.57 bits per heavy atom. The second kappa shape index (κ2) is 10.1. The molecular weight excluding hydrogens is 399 g/mol. The minimum atomic E-state index is 0.261. The monoisotopic (exact) mass is 424 g/mol. The van der Waals surface area contributed by atoms with Gasteiger partial charge in [0.05, 0.1) is 18.2 Å². The number of nitrogens with one attached hydrogen (secondary N) is 1. The molecule has 28 heavy (non-hydrogen) atoms. The summed E-state index contributed by atoms with van der Waals surface area (Å²) in [6.07, 6.45) is 3.70. The number of anilines is 1. The molecule has 2 aromatic rings. The van der Waals surface area contributed by atoms with Crippen LogP contribution in [0.4, 0.5) is 5.82 Å². The van der Waals surface area contributed by atoms with Gasteiger partial charge >= 0.3 is 0 Å². The molecular formula is C20H26Cl2N4O2. The van der Waals surface area contributed by atoms with Crippen molar-refractivity contribution < 1.29 is 9.47 Å². The van der Waals surface area contributed by atoms with E-state index in [-0.39, 0.29) is 5.28 Å². The first-order valence-electron chi connectivity index (χ1n) is 9.64. The van der Waals surface area contributed by atoms with Gasteiger partial charge in [-0.1, -0.05) is 11.6 Å². The maximum atomic E-state index is 6.58. The van der Waals surface area contributed by atoms with Crippen LogP contribution >= 0.6 is 23.2 Å². The van der Waals surface area contributed by atoms with Crippen LogP contribution in [0.25, 0.3) is 0 Å². The number of likely N-dealkylation sites (tertiary alicyclic amines) is 1. The molecule has 6 nitrogen and oxygen atoms in total. The average Bonchev–Trinajstić information content (AvgIpc) is 2.67. The van der Waals surface area contributed by atoms with Crippen molar-refractivity contribution in [1.82, 2.24) is 14.9 Å². The number of hydrogen-bond donors (Lipinski definition) is 1. The summed E-state index contributed by atoms with van der Waals surface area (Å²) in [4.78, 5) is 10.5. The van der Waals surface area contributed by atoms with Crippen LogP contribution in [0.5, 0.6) is 11.5 Å². The Kier molecular flexibility index (Phi) is 7.59. The summed E-state index contributed by atoms with van der Waals surface area (Å²) in [5.74, 6) is 2.25. The second-order valence-electron chi connectivity index (χ2n) is 6.67. The third kappa shape index (κ3) is 5.63. The van der Waals surface area contributed by atoms with Crippen LogP contribution in [0.2, 0.25) is 10.3 Å². The number of hydrogen-bond acceptors (Lipinski definition) is 6. The molecule has 0 spiro atoms. The largest absolute Gasteiger partial charge is 0.494 e. The Bertz CT molecular complexity index is 783. The van der Waals surface area contributed by atoms with Crippen LogP contribution in [0.15, 0.2) is 24.4 Å². The quantitative estimate of drug-likeness (QED) is 0.621. The molecule has 1 aromatic heterocycles. The van der Waals surface area contributed by atoms with E-state index < -0.39 is 0 Å². The summed E-state index contributed by atoms with van der Waals surface area (Å²) in [6.45, 7) is 7.80. The lowest BCUT2D eigenvalue weighted by molar-refractivity contribution is 0.210. The topological polar surface area (TPSA) is 59.5 Å². The van der Waals surface area contributed by atoms with Crippen molar-refractivity contribution in [3.63, 3.8) is 0 Å². The maximum absolute atomic E-state index is 6.58. The van der Waals surface area contributed by atoms with Gasteiger partial charge in [-0.15, -0.1) is 0 Å². The van der Waals surface area contributed by atoms with Crippen molar-refractivity contribution >= 4 is 29.0 Å². The number of piperidine rings is 1. The SMILES string of the molecule is CCOc1cc(CN2CCC(Nc3ccnc(Cl)n3)CC2)c(Cl)c(OCC)c1. The van der Waals surface area contributed by atoms with Gasteiger partial charge in [0.15, 0.2) is 0 Å². The molecule has 0 unspecified atom stereocenters. The molecule has 0 aliphatic carbocycles. The zero-order valence-corrected chi connectivity index (χ0v) is 17.8. The third-order valence-corrected chi connectivity index (χ3v) is 5.27. The molecule has 0 amide bonds. The van der Waals surface area contributed by atoms with Gasteiger partial charge in [0.1, 0.15) is 17.3 Å². The van der Waals surface area contributed by atoms with Crippen molar-refractivity contribution in [3.05, 3.63) is 40.3 Å². The van der Waals surface area contributed by atoms with E-state index in [1.165, 1.54) is 0 Å².